The van der Waals surface area contributed by atoms with Crippen LogP contribution in [0.25, 0.3) is 6.08 Å². The molecule has 32 heavy (non-hydrogen) atoms. The van der Waals surface area contributed by atoms with Gasteiger partial charge in [0.05, 0.1) is 5.56 Å². The number of likely N-dealkylation sites (N-methyl/N-ethyl adjacent to an activating group) is 1. The maximum atomic E-state index is 12.3. The quantitative estimate of drug-likeness (QED) is 0.670. The second-order valence-electron chi connectivity index (χ2n) is 11.1. The molecule has 3 saturated carbocycles. The van der Waals surface area contributed by atoms with Crippen LogP contribution in [0.1, 0.15) is 68.3 Å². The highest BCUT2D eigenvalue weighted by Gasteiger charge is 2.59. The van der Waals surface area contributed by atoms with Crippen molar-refractivity contribution in [1.29, 1.82) is 0 Å². The molecule has 0 spiro atoms. The number of carbonyl (C=O) groups excluding carboxylic acids is 1. The molecule has 3 fully saturated rings. The molecule has 1 N–H and O–H groups in total. The highest BCUT2D eigenvalue weighted by molar-refractivity contribution is 5.89. The van der Waals surface area contributed by atoms with E-state index in [0.717, 1.165) is 23.8 Å². The van der Waals surface area contributed by atoms with Gasteiger partial charge in [-0.2, -0.15) is 0 Å². The van der Waals surface area contributed by atoms with Crippen molar-refractivity contribution < 1.29 is 14.7 Å². The summed E-state index contributed by atoms with van der Waals surface area (Å²) in [5, 5.41) is 9.11. The summed E-state index contributed by atoms with van der Waals surface area (Å²) in [6, 6.07) is 7.52. The number of benzene rings is 1. The fourth-order valence-electron chi connectivity index (χ4n) is 8.06. The monoisotopic (exact) mass is 433 g/mol. The molecule has 1 aliphatic heterocycles. The Balaban J connectivity index is 1.35. The van der Waals surface area contributed by atoms with Gasteiger partial charge in [-0.3, -0.25) is 4.79 Å². The molecule has 1 aromatic carbocycles. The molecule has 0 saturated heterocycles. The summed E-state index contributed by atoms with van der Waals surface area (Å²) in [5.74, 6) is 2.01. The van der Waals surface area contributed by atoms with Crippen LogP contribution in [0.4, 0.5) is 0 Å². The molecule has 0 aromatic heterocycles. The minimum atomic E-state index is -0.879. The average molecular weight is 434 g/mol. The van der Waals surface area contributed by atoms with Gasteiger partial charge in [-0.05, 0) is 91.4 Å². The molecular weight excluding hydrogens is 398 g/mol. The molecule has 0 unspecified atom stereocenters. The lowest BCUT2D eigenvalue weighted by atomic mass is 9.47. The molecule has 7 atom stereocenters. The number of carbonyl (C=O) groups is 2. The normalized spacial score (nSPS) is 40.8. The zero-order chi connectivity index (χ0) is 22.7. The Hall–Kier alpha value is -2.36. The number of fused-ring (bicyclic) bond motifs is 5. The third-order valence-corrected chi connectivity index (χ3v) is 9.88. The lowest BCUT2D eigenvalue weighted by Gasteiger charge is -2.60. The van der Waals surface area contributed by atoms with E-state index in [1.807, 2.05) is 30.2 Å². The Labute approximate surface area is 191 Å². The molecule has 4 aliphatic rings. The third kappa shape index (κ3) is 3.17. The molecule has 4 heteroatoms. The van der Waals surface area contributed by atoms with Crippen LogP contribution in [0.2, 0.25) is 0 Å². The lowest BCUT2D eigenvalue weighted by molar-refractivity contribution is -0.138. The van der Waals surface area contributed by atoms with Crippen molar-refractivity contribution in [2.75, 3.05) is 7.05 Å². The fourth-order valence-corrected chi connectivity index (χ4v) is 8.06. The molecule has 1 heterocycles. The van der Waals surface area contributed by atoms with Gasteiger partial charge < -0.3 is 10.0 Å². The van der Waals surface area contributed by atoms with Gasteiger partial charge in [0.15, 0.2) is 0 Å². The van der Waals surface area contributed by atoms with Gasteiger partial charge in [0.1, 0.15) is 0 Å². The van der Waals surface area contributed by atoms with Crippen LogP contribution in [-0.2, 0) is 4.79 Å². The summed E-state index contributed by atoms with van der Waals surface area (Å²) in [6.45, 7) is 4.92. The van der Waals surface area contributed by atoms with Crippen molar-refractivity contribution >= 4 is 18.0 Å². The number of carboxylic acids is 1. The maximum Gasteiger partial charge on any atom is 0.335 e. The van der Waals surface area contributed by atoms with E-state index in [1.165, 1.54) is 32.1 Å². The first-order valence-corrected chi connectivity index (χ1v) is 12.2. The second kappa shape index (κ2) is 7.60. The summed E-state index contributed by atoms with van der Waals surface area (Å²) in [6.07, 6.45) is 16.1. The Morgan fingerprint density at radius 1 is 1.06 bits per heavy atom. The Kier molecular flexibility index (Phi) is 5.11. The predicted molar refractivity (Wildman–Crippen MR) is 126 cm³/mol. The van der Waals surface area contributed by atoms with Crippen molar-refractivity contribution in [2.24, 2.45) is 34.5 Å². The average Bonchev–Trinajstić information content (AvgIpc) is 3.12. The fraction of sp³-hybridized carbons (Fsp3) is 0.571. The summed E-state index contributed by atoms with van der Waals surface area (Å²) in [4.78, 5) is 25.4. The van der Waals surface area contributed by atoms with Gasteiger partial charge in [0.25, 0.3) is 0 Å². The number of amides is 1. The van der Waals surface area contributed by atoms with E-state index in [-0.39, 0.29) is 11.3 Å². The molecule has 0 radical (unpaired) electrons. The van der Waals surface area contributed by atoms with Crippen LogP contribution < -0.4 is 0 Å². The van der Waals surface area contributed by atoms with Crippen molar-refractivity contribution in [3.63, 3.8) is 0 Å². The second-order valence-corrected chi connectivity index (χ2v) is 11.1. The summed E-state index contributed by atoms with van der Waals surface area (Å²) in [5.41, 5.74) is 1.85. The van der Waals surface area contributed by atoms with E-state index >= 15 is 0 Å². The standard InChI is InChI=1S/C28H35NO3/c1-27-16-14-23-21(11-13-24-28(23,2)17-15-25(30)29(24)3)22(27)12-10-20(27)9-6-18-4-7-19(8-5-18)26(31)32/h4-9,15,17,20-24H,10-14,16H2,1-3H3,(H,31,32)/t20-,21-,22-,23-,24+,27+,28+/m0/s1. The minimum absolute atomic E-state index is 0.104. The molecular formula is C28H35NO3. The molecule has 0 bridgehead atoms. The number of aromatic carboxylic acids is 1. The van der Waals surface area contributed by atoms with Crippen LogP contribution in [0.15, 0.2) is 42.5 Å². The van der Waals surface area contributed by atoms with Crippen LogP contribution >= 0.6 is 0 Å². The van der Waals surface area contributed by atoms with E-state index in [4.69, 9.17) is 5.11 Å². The van der Waals surface area contributed by atoms with Gasteiger partial charge in [-0.25, -0.2) is 4.79 Å². The number of hydrogen-bond donors (Lipinski definition) is 1. The van der Waals surface area contributed by atoms with E-state index in [9.17, 15) is 9.59 Å². The van der Waals surface area contributed by atoms with Crippen LogP contribution in [0.5, 0.6) is 0 Å². The number of allylic oxidation sites excluding steroid dienone is 1. The van der Waals surface area contributed by atoms with Crippen LogP contribution in [-0.4, -0.2) is 35.0 Å². The highest BCUT2D eigenvalue weighted by atomic mass is 16.4. The molecule has 3 aliphatic carbocycles. The molecule has 170 valence electrons. The molecule has 5 rings (SSSR count). The maximum absolute atomic E-state index is 12.3. The summed E-state index contributed by atoms with van der Waals surface area (Å²) >= 11 is 0. The number of rotatable bonds is 3. The van der Waals surface area contributed by atoms with E-state index in [2.05, 4.69) is 32.1 Å². The number of hydrogen-bond acceptors (Lipinski definition) is 2. The van der Waals surface area contributed by atoms with Crippen LogP contribution in [0.3, 0.4) is 0 Å². The first-order chi connectivity index (χ1) is 15.2. The minimum Gasteiger partial charge on any atom is -0.478 e. The Morgan fingerprint density at radius 2 is 1.81 bits per heavy atom. The first kappa shape index (κ1) is 21.5. The van der Waals surface area contributed by atoms with E-state index < -0.39 is 5.97 Å². The predicted octanol–water partition coefficient (Wildman–Crippen LogP) is 5.65. The molecule has 4 nitrogen and oxygen atoms in total. The van der Waals surface area contributed by atoms with Gasteiger partial charge >= 0.3 is 5.97 Å². The van der Waals surface area contributed by atoms with Crippen molar-refractivity contribution in [1.82, 2.24) is 4.90 Å². The smallest absolute Gasteiger partial charge is 0.335 e. The van der Waals surface area contributed by atoms with Gasteiger partial charge in [0.2, 0.25) is 5.91 Å². The lowest BCUT2D eigenvalue weighted by Crippen LogP contribution is -2.59. The van der Waals surface area contributed by atoms with Gasteiger partial charge in [-0.1, -0.05) is 44.2 Å². The highest BCUT2D eigenvalue weighted by Crippen LogP contribution is 2.65. The molecule has 1 aromatic rings. The zero-order valence-corrected chi connectivity index (χ0v) is 19.5. The molecule has 1 amide bonds. The Morgan fingerprint density at radius 3 is 2.53 bits per heavy atom. The van der Waals surface area contributed by atoms with Crippen LogP contribution in [0, 0.1) is 34.5 Å². The summed E-state index contributed by atoms with van der Waals surface area (Å²) < 4.78 is 0. The van der Waals surface area contributed by atoms with Crippen molar-refractivity contribution in [3.8, 4) is 0 Å². The summed E-state index contributed by atoms with van der Waals surface area (Å²) in [7, 11) is 1.99. The first-order valence-electron chi connectivity index (χ1n) is 12.2. The SMILES string of the molecule is CN1C(=O)C=C[C@]2(C)[C@H]3CC[C@]4(C)[C@@H](C=Cc5ccc(C(=O)O)cc5)CC[C@H]4[C@@H]3CC[C@@H]12. The Bertz CT molecular complexity index is 979. The third-order valence-electron chi connectivity index (χ3n) is 9.88. The zero-order valence-electron chi connectivity index (χ0n) is 19.5. The number of nitrogens with zero attached hydrogens (tertiary/aromatic N) is 1. The van der Waals surface area contributed by atoms with E-state index in [0.29, 0.717) is 28.9 Å². The van der Waals surface area contributed by atoms with Gasteiger partial charge in [-0.15, -0.1) is 0 Å². The largest absolute Gasteiger partial charge is 0.478 e. The van der Waals surface area contributed by atoms with E-state index in [1.54, 1.807) is 12.1 Å². The number of carboxylic acid groups (broad SMARTS) is 1. The van der Waals surface area contributed by atoms with Crippen molar-refractivity contribution in [3.05, 3.63) is 53.6 Å². The topological polar surface area (TPSA) is 57.6 Å². The van der Waals surface area contributed by atoms with Crippen molar-refractivity contribution in [2.45, 2.75) is 58.4 Å². The van der Waals surface area contributed by atoms with Gasteiger partial charge in [0, 0.05) is 18.5 Å².